The quantitative estimate of drug-likeness (QED) is 0.926. The van der Waals surface area contributed by atoms with Crippen molar-refractivity contribution in [2.45, 2.75) is 12.8 Å². The Morgan fingerprint density at radius 3 is 2.42 bits per heavy atom. The lowest BCUT2D eigenvalue weighted by atomic mass is 9.87. The van der Waals surface area contributed by atoms with E-state index in [-0.39, 0.29) is 29.9 Å². The molecule has 1 N–H and O–H groups in total. The molecular formula is C13H16Cl2O3S. The summed E-state index contributed by atoms with van der Waals surface area (Å²) >= 11 is 12.2. The highest BCUT2D eigenvalue weighted by atomic mass is 35.5. The van der Waals surface area contributed by atoms with Gasteiger partial charge in [-0.25, -0.2) is 8.42 Å². The van der Waals surface area contributed by atoms with Crippen molar-refractivity contribution >= 4 is 33.0 Å². The molecule has 0 radical (unpaired) electrons. The average molecular weight is 323 g/mol. The van der Waals surface area contributed by atoms with E-state index in [0.29, 0.717) is 22.9 Å². The van der Waals surface area contributed by atoms with Gasteiger partial charge in [-0.1, -0.05) is 29.3 Å². The zero-order valence-corrected chi connectivity index (χ0v) is 12.7. The van der Waals surface area contributed by atoms with Crippen LogP contribution in [0.4, 0.5) is 0 Å². The van der Waals surface area contributed by atoms with Crippen molar-refractivity contribution in [3.8, 4) is 0 Å². The Morgan fingerprint density at radius 2 is 1.95 bits per heavy atom. The zero-order chi connectivity index (χ0) is 14.0. The summed E-state index contributed by atoms with van der Waals surface area (Å²) in [5, 5.41) is 10.6. The molecule has 1 aliphatic heterocycles. The van der Waals surface area contributed by atoms with Gasteiger partial charge in [0.05, 0.1) is 11.5 Å². The average Bonchev–Trinajstić information content (AvgIpc) is 2.69. The molecule has 0 spiro atoms. The Balaban J connectivity index is 2.16. The Kier molecular flexibility index (Phi) is 4.77. The van der Waals surface area contributed by atoms with Gasteiger partial charge >= 0.3 is 0 Å². The third-order valence-corrected chi connectivity index (χ3v) is 6.20. The van der Waals surface area contributed by atoms with E-state index in [4.69, 9.17) is 23.2 Å². The lowest BCUT2D eigenvalue weighted by Crippen LogP contribution is -2.22. The van der Waals surface area contributed by atoms with Crippen molar-refractivity contribution in [1.82, 2.24) is 0 Å². The number of rotatable bonds is 4. The van der Waals surface area contributed by atoms with E-state index in [1.165, 1.54) is 0 Å². The molecule has 1 saturated heterocycles. The normalized spacial score (nSPS) is 23.4. The largest absolute Gasteiger partial charge is 0.396 e. The molecule has 1 heterocycles. The summed E-state index contributed by atoms with van der Waals surface area (Å²) in [4.78, 5) is 0. The van der Waals surface area contributed by atoms with Crippen LogP contribution in [0.2, 0.25) is 10.0 Å². The molecule has 2 atom stereocenters. The third-order valence-electron chi connectivity index (χ3n) is 3.70. The summed E-state index contributed by atoms with van der Waals surface area (Å²) < 4.78 is 23.0. The topological polar surface area (TPSA) is 54.4 Å². The number of hydrogen-bond acceptors (Lipinski definition) is 3. The summed E-state index contributed by atoms with van der Waals surface area (Å²) in [6.07, 6.45) is 1.12. The first kappa shape index (κ1) is 15.1. The van der Waals surface area contributed by atoms with Crippen LogP contribution in [0.3, 0.4) is 0 Å². The molecule has 2 unspecified atom stereocenters. The summed E-state index contributed by atoms with van der Waals surface area (Å²) in [7, 11) is -2.94. The predicted molar refractivity (Wildman–Crippen MR) is 77.5 cm³/mol. The Bertz CT molecular complexity index is 537. The molecule has 19 heavy (non-hydrogen) atoms. The highest BCUT2D eigenvalue weighted by Gasteiger charge is 2.33. The monoisotopic (exact) mass is 322 g/mol. The van der Waals surface area contributed by atoms with Gasteiger partial charge < -0.3 is 5.11 Å². The van der Waals surface area contributed by atoms with Crippen LogP contribution in [0.25, 0.3) is 0 Å². The van der Waals surface area contributed by atoms with Gasteiger partial charge in [-0.3, -0.25) is 0 Å². The summed E-state index contributed by atoms with van der Waals surface area (Å²) in [5.74, 6) is 0.238. The Morgan fingerprint density at radius 1 is 1.32 bits per heavy atom. The first-order valence-electron chi connectivity index (χ1n) is 6.17. The van der Waals surface area contributed by atoms with E-state index < -0.39 is 9.84 Å². The van der Waals surface area contributed by atoms with Crippen LogP contribution in [0, 0.1) is 11.8 Å². The summed E-state index contributed by atoms with van der Waals surface area (Å²) in [6, 6.07) is 5.27. The SMILES string of the molecule is O=S1(=O)CCC(C(CO)Cc2c(Cl)cccc2Cl)C1. The fraction of sp³-hybridized carbons (Fsp3) is 0.538. The van der Waals surface area contributed by atoms with Crippen molar-refractivity contribution in [2.75, 3.05) is 18.1 Å². The van der Waals surface area contributed by atoms with Gasteiger partial charge in [0.1, 0.15) is 0 Å². The van der Waals surface area contributed by atoms with E-state index in [2.05, 4.69) is 0 Å². The van der Waals surface area contributed by atoms with Crippen LogP contribution < -0.4 is 0 Å². The van der Waals surface area contributed by atoms with Crippen LogP contribution in [0.5, 0.6) is 0 Å². The molecule has 6 heteroatoms. The number of aliphatic hydroxyl groups excluding tert-OH is 1. The standard InChI is InChI=1S/C13H16Cl2O3S/c14-12-2-1-3-13(15)11(12)6-10(7-16)9-4-5-19(17,18)8-9/h1-3,9-10,16H,4-8H2. The van der Waals surface area contributed by atoms with E-state index in [1.807, 2.05) is 0 Å². The molecule has 1 aromatic rings. The minimum Gasteiger partial charge on any atom is -0.396 e. The molecule has 3 nitrogen and oxygen atoms in total. The first-order chi connectivity index (χ1) is 8.93. The molecule has 1 fully saturated rings. The first-order valence-corrected chi connectivity index (χ1v) is 8.75. The maximum Gasteiger partial charge on any atom is 0.150 e. The van der Waals surface area contributed by atoms with Crippen molar-refractivity contribution < 1.29 is 13.5 Å². The van der Waals surface area contributed by atoms with Crippen LogP contribution in [-0.4, -0.2) is 31.6 Å². The molecule has 2 rings (SSSR count). The maximum absolute atomic E-state index is 11.5. The molecule has 0 aromatic heterocycles. The second-order valence-electron chi connectivity index (χ2n) is 5.01. The third kappa shape index (κ3) is 3.63. The van der Waals surface area contributed by atoms with Gasteiger partial charge in [-0.2, -0.15) is 0 Å². The maximum atomic E-state index is 11.5. The van der Waals surface area contributed by atoms with Gasteiger partial charge in [0, 0.05) is 16.7 Å². The molecule has 1 aromatic carbocycles. The van der Waals surface area contributed by atoms with Gasteiger partial charge in [0.15, 0.2) is 9.84 Å². The predicted octanol–water partition coefficient (Wildman–Crippen LogP) is 2.58. The van der Waals surface area contributed by atoms with E-state index in [9.17, 15) is 13.5 Å². The zero-order valence-electron chi connectivity index (χ0n) is 10.4. The van der Waals surface area contributed by atoms with Crippen LogP contribution >= 0.6 is 23.2 Å². The second-order valence-corrected chi connectivity index (χ2v) is 8.05. The number of hydrogen-bond donors (Lipinski definition) is 1. The van der Waals surface area contributed by atoms with E-state index in [1.54, 1.807) is 18.2 Å². The van der Waals surface area contributed by atoms with Crippen molar-refractivity contribution in [3.05, 3.63) is 33.8 Å². The van der Waals surface area contributed by atoms with Crippen molar-refractivity contribution in [2.24, 2.45) is 11.8 Å². The number of halogens is 2. The lowest BCUT2D eigenvalue weighted by molar-refractivity contribution is 0.184. The fourth-order valence-electron chi connectivity index (χ4n) is 2.57. The molecular weight excluding hydrogens is 307 g/mol. The highest BCUT2D eigenvalue weighted by molar-refractivity contribution is 7.91. The molecule has 0 aliphatic carbocycles. The van der Waals surface area contributed by atoms with Crippen LogP contribution in [0.15, 0.2) is 18.2 Å². The second kappa shape index (κ2) is 6.00. The highest BCUT2D eigenvalue weighted by Crippen LogP contribution is 2.32. The minimum absolute atomic E-state index is 0.0117. The van der Waals surface area contributed by atoms with Gasteiger partial charge in [0.25, 0.3) is 0 Å². The lowest BCUT2D eigenvalue weighted by Gasteiger charge is -2.21. The molecule has 1 aliphatic rings. The number of aliphatic hydroxyl groups is 1. The fourth-order valence-corrected chi connectivity index (χ4v) is 5.04. The molecule has 0 saturated carbocycles. The minimum atomic E-state index is -2.94. The number of sulfone groups is 1. The smallest absolute Gasteiger partial charge is 0.150 e. The van der Waals surface area contributed by atoms with Crippen molar-refractivity contribution in [3.63, 3.8) is 0 Å². The molecule has 106 valence electrons. The van der Waals surface area contributed by atoms with Crippen LogP contribution in [-0.2, 0) is 16.3 Å². The molecule has 0 bridgehead atoms. The Labute approximate surface area is 123 Å². The van der Waals surface area contributed by atoms with Gasteiger partial charge in [-0.05, 0) is 42.4 Å². The van der Waals surface area contributed by atoms with Crippen LogP contribution in [0.1, 0.15) is 12.0 Å². The van der Waals surface area contributed by atoms with Gasteiger partial charge in [-0.15, -0.1) is 0 Å². The van der Waals surface area contributed by atoms with E-state index >= 15 is 0 Å². The molecule has 0 amide bonds. The van der Waals surface area contributed by atoms with E-state index in [0.717, 1.165) is 5.56 Å². The summed E-state index contributed by atoms with van der Waals surface area (Å²) in [5.41, 5.74) is 0.786. The van der Waals surface area contributed by atoms with Gasteiger partial charge in [0.2, 0.25) is 0 Å². The summed E-state index contributed by atoms with van der Waals surface area (Å²) in [6.45, 7) is -0.0538. The Hall–Kier alpha value is -0.290. The number of benzene rings is 1. The van der Waals surface area contributed by atoms with Crippen molar-refractivity contribution in [1.29, 1.82) is 0 Å².